The van der Waals surface area contributed by atoms with Crippen molar-refractivity contribution in [2.75, 3.05) is 7.05 Å². The highest BCUT2D eigenvalue weighted by Crippen LogP contribution is 2.58. The highest BCUT2D eigenvalue weighted by molar-refractivity contribution is 6.22. The van der Waals surface area contributed by atoms with E-state index >= 15 is 0 Å². The van der Waals surface area contributed by atoms with Gasteiger partial charge in [-0.25, -0.2) is 0 Å². The molecular weight excluding hydrogens is 446 g/mol. The van der Waals surface area contributed by atoms with E-state index in [2.05, 4.69) is 13.8 Å². The summed E-state index contributed by atoms with van der Waals surface area (Å²) in [5, 5.41) is 22.2. The second-order valence-corrected chi connectivity index (χ2v) is 10.7. The smallest absolute Gasteiger partial charge is 0.264 e. The van der Waals surface area contributed by atoms with Gasteiger partial charge in [0.2, 0.25) is 5.72 Å². The van der Waals surface area contributed by atoms with E-state index in [0.29, 0.717) is 12.2 Å². The highest BCUT2D eigenvalue weighted by Gasteiger charge is 2.63. The van der Waals surface area contributed by atoms with Gasteiger partial charge in [0.15, 0.2) is 11.5 Å². The van der Waals surface area contributed by atoms with Crippen molar-refractivity contribution in [1.82, 2.24) is 4.90 Å². The second-order valence-electron chi connectivity index (χ2n) is 10.7. The molecule has 1 spiro atoms. The van der Waals surface area contributed by atoms with Crippen molar-refractivity contribution < 1.29 is 29.3 Å². The van der Waals surface area contributed by atoms with E-state index < -0.39 is 23.7 Å². The van der Waals surface area contributed by atoms with Crippen LogP contribution in [0.1, 0.15) is 95.4 Å². The van der Waals surface area contributed by atoms with Crippen LogP contribution in [0, 0.1) is 18.8 Å². The van der Waals surface area contributed by atoms with Crippen molar-refractivity contribution in [2.24, 2.45) is 11.8 Å². The first kappa shape index (κ1) is 25.5. The highest BCUT2D eigenvalue weighted by atomic mass is 16.6. The molecule has 3 aliphatic rings. The Bertz CT molecular complexity index is 1080. The minimum absolute atomic E-state index is 0.0368. The molecule has 7 heteroatoms. The number of unbranched alkanes of at least 4 members (excludes halogenated alkanes) is 3. The number of carbonyl (C=O) groups is 2. The molecule has 1 amide bonds. The number of aliphatic hydroxyl groups is 1. The quantitative estimate of drug-likeness (QED) is 0.394. The van der Waals surface area contributed by atoms with Gasteiger partial charge in [0.05, 0.1) is 18.1 Å². The SMILES string of the molecule is CCCCCCC(C)C(=O)C1=C(O)C2(Oc3cc(O)c(C)c4c3C(OC(C)C4C)C2C)N(C)C1=O. The van der Waals surface area contributed by atoms with Crippen molar-refractivity contribution in [3.63, 3.8) is 0 Å². The number of ketones is 1. The predicted octanol–water partition coefficient (Wildman–Crippen LogP) is 5.45. The first-order valence-corrected chi connectivity index (χ1v) is 13.0. The van der Waals surface area contributed by atoms with Gasteiger partial charge in [0.1, 0.15) is 17.1 Å². The summed E-state index contributed by atoms with van der Waals surface area (Å²) in [5.41, 5.74) is 0.840. The Kier molecular flexibility index (Phi) is 6.68. The molecule has 4 rings (SSSR count). The third kappa shape index (κ3) is 3.65. The molecule has 192 valence electrons. The van der Waals surface area contributed by atoms with Gasteiger partial charge >= 0.3 is 0 Å². The molecule has 6 unspecified atom stereocenters. The molecule has 3 heterocycles. The lowest BCUT2D eigenvalue weighted by molar-refractivity contribution is -0.179. The largest absolute Gasteiger partial charge is 0.508 e. The predicted molar refractivity (Wildman–Crippen MR) is 132 cm³/mol. The standard InChI is InChI=1S/C28H39NO6/c1-8-9-10-11-12-14(2)24(31)23-26(32)28(29(7)27(23)33)17(5)25-22-20(35-28)13-19(30)16(4)21(22)15(3)18(6)34-25/h13-15,17-18,25,30,32H,8-12H2,1-7H3. The van der Waals surface area contributed by atoms with Gasteiger partial charge in [-0.05, 0) is 31.4 Å². The van der Waals surface area contributed by atoms with Gasteiger partial charge in [-0.15, -0.1) is 0 Å². The van der Waals surface area contributed by atoms with Crippen LogP contribution in [0.4, 0.5) is 0 Å². The van der Waals surface area contributed by atoms with Crippen molar-refractivity contribution in [1.29, 1.82) is 0 Å². The van der Waals surface area contributed by atoms with Gasteiger partial charge < -0.3 is 19.7 Å². The van der Waals surface area contributed by atoms with E-state index in [1.54, 1.807) is 7.05 Å². The van der Waals surface area contributed by atoms with Crippen LogP contribution in [0.25, 0.3) is 0 Å². The molecule has 0 aliphatic carbocycles. The van der Waals surface area contributed by atoms with E-state index in [4.69, 9.17) is 9.47 Å². The molecule has 1 aromatic rings. The summed E-state index contributed by atoms with van der Waals surface area (Å²) in [6.45, 7) is 11.7. The van der Waals surface area contributed by atoms with Crippen LogP contribution < -0.4 is 4.74 Å². The third-order valence-electron chi connectivity index (χ3n) is 8.53. The molecular formula is C28H39NO6. The molecule has 7 nitrogen and oxygen atoms in total. The number of nitrogens with zero attached hydrogens (tertiary/aromatic N) is 1. The Hall–Kier alpha value is -2.54. The molecule has 2 N–H and O–H groups in total. The third-order valence-corrected chi connectivity index (χ3v) is 8.53. The number of amides is 1. The van der Waals surface area contributed by atoms with Crippen LogP contribution in [0.15, 0.2) is 17.4 Å². The number of Topliss-reactive ketones (excluding diaryl/α,β-unsaturated/α-hetero) is 1. The van der Waals surface area contributed by atoms with Crippen molar-refractivity contribution >= 4 is 11.7 Å². The fraction of sp³-hybridized carbons (Fsp3) is 0.643. The molecule has 0 aromatic heterocycles. The van der Waals surface area contributed by atoms with Crippen LogP contribution in [0.5, 0.6) is 11.5 Å². The van der Waals surface area contributed by atoms with E-state index in [-0.39, 0.29) is 40.8 Å². The zero-order chi connectivity index (χ0) is 25.8. The molecule has 0 radical (unpaired) electrons. The first-order valence-electron chi connectivity index (χ1n) is 13.0. The summed E-state index contributed by atoms with van der Waals surface area (Å²) in [4.78, 5) is 28.1. The summed E-state index contributed by atoms with van der Waals surface area (Å²) in [6, 6.07) is 1.53. The number of aromatic hydroxyl groups is 1. The van der Waals surface area contributed by atoms with Gasteiger partial charge in [-0.3, -0.25) is 14.5 Å². The maximum atomic E-state index is 13.4. The summed E-state index contributed by atoms with van der Waals surface area (Å²) < 4.78 is 12.9. The molecule has 3 aliphatic heterocycles. The van der Waals surface area contributed by atoms with Crippen molar-refractivity contribution in [3.8, 4) is 11.5 Å². The Balaban J connectivity index is 1.78. The molecule has 6 atom stereocenters. The van der Waals surface area contributed by atoms with Crippen LogP contribution in [-0.2, 0) is 14.3 Å². The lowest BCUT2D eigenvalue weighted by Crippen LogP contribution is -2.60. The number of phenolic OH excluding ortho intramolecular Hbond substituents is 1. The van der Waals surface area contributed by atoms with E-state index in [1.807, 2.05) is 27.7 Å². The summed E-state index contributed by atoms with van der Waals surface area (Å²) >= 11 is 0. The molecule has 0 bridgehead atoms. The van der Waals surface area contributed by atoms with Gasteiger partial charge in [-0.1, -0.05) is 53.4 Å². The van der Waals surface area contributed by atoms with Gasteiger partial charge in [0, 0.05) is 30.5 Å². The second kappa shape index (κ2) is 9.16. The Morgan fingerprint density at radius 3 is 2.51 bits per heavy atom. The maximum absolute atomic E-state index is 13.4. The minimum atomic E-state index is -1.58. The van der Waals surface area contributed by atoms with E-state index in [9.17, 15) is 19.8 Å². The van der Waals surface area contributed by atoms with E-state index in [1.165, 1.54) is 11.0 Å². The number of hydrogen-bond donors (Lipinski definition) is 2. The number of phenols is 1. The molecule has 0 fully saturated rings. The molecule has 35 heavy (non-hydrogen) atoms. The monoisotopic (exact) mass is 485 g/mol. The van der Waals surface area contributed by atoms with Crippen LogP contribution >= 0.6 is 0 Å². The average Bonchev–Trinajstić information content (AvgIpc) is 3.00. The van der Waals surface area contributed by atoms with Crippen molar-refractivity contribution in [2.45, 2.75) is 97.5 Å². The molecule has 1 aromatic carbocycles. The normalized spacial score (nSPS) is 30.5. The Morgan fingerprint density at radius 2 is 1.86 bits per heavy atom. The fourth-order valence-corrected chi connectivity index (χ4v) is 6.11. The van der Waals surface area contributed by atoms with Crippen LogP contribution in [0.3, 0.4) is 0 Å². The number of ether oxygens (including phenoxy) is 2. The fourth-order valence-electron chi connectivity index (χ4n) is 6.11. The number of hydrogen-bond acceptors (Lipinski definition) is 6. The zero-order valence-corrected chi connectivity index (χ0v) is 22.0. The number of benzene rings is 1. The van der Waals surface area contributed by atoms with E-state index in [0.717, 1.165) is 42.4 Å². The summed E-state index contributed by atoms with van der Waals surface area (Å²) in [6.07, 6.45) is 4.20. The Labute approximate surface area is 208 Å². The van der Waals surface area contributed by atoms with Gasteiger partial charge in [0.25, 0.3) is 5.91 Å². The molecule has 0 saturated carbocycles. The van der Waals surface area contributed by atoms with Gasteiger partial charge in [-0.2, -0.15) is 0 Å². The maximum Gasteiger partial charge on any atom is 0.264 e. The van der Waals surface area contributed by atoms with Crippen LogP contribution in [-0.4, -0.2) is 45.7 Å². The Morgan fingerprint density at radius 1 is 1.17 bits per heavy atom. The van der Waals surface area contributed by atoms with Crippen LogP contribution in [0.2, 0.25) is 0 Å². The summed E-state index contributed by atoms with van der Waals surface area (Å²) in [5.74, 6) is -1.63. The lowest BCUT2D eigenvalue weighted by Gasteiger charge is -2.51. The molecule has 0 saturated heterocycles. The number of carbonyl (C=O) groups excluding carboxylic acids is 2. The minimum Gasteiger partial charge on any atom is -0.508 e. The van der Waals surface area contributed by atoms with Crippen molar-refractivity contribution in [3.05, 3.63) is 34.1 Å². The first-order chi connectivity index (χ1) is 16.5. The lowest BCUT2D eigenvalue weighted by atomic mass is 9.75. The number of rotatable bonds is 7. The average molecular weight is 486 g/mol. The number of aliphatic hydroxyl groups excluding tert-OH is 1. The summed E-state index contributed by atoms with van der Waals surface area (Å²) in [7, 11) is 1.55. The zero-order valence-electron chi connectivity index (χ0n) is 22.0. The topological polar surface area (TPSA) is 96.3 Å². The number of likely N-dealkylation sites (N-methyl/N-ethyl adjacent to an activating group) is 1.